The van der Waals surface area contributed by atoms with Crippen molar-refractivity contribution < 1.29 is 22.4 Å². The number of rotatable bonds is 6. The van der Waals surface area contributed by atoms with Crippen molar-refractivity contribution in [3.05, 3.63) is 53.0 Å². The maximum absolute atomic E-state index is 12.1. The second-order valence-corrected chi connectivity index (χ2v) is 8.16. The number of amides is 2. The number of aryl methyl sites for hydroxylation is 2. The van der Waals surface area contributed by atoms with Crippen molar-refractivity contribution in [3.63, 3.8) is 0 Å². The lowest BCUT2D eigenvalue weighted by Gasteiger charge is -2.15. The molecule has 0 aliphatic carbocycles. The van der Waals surface area contributed by atoms with Crippen LogP contribution in [0.4, 0.5) is 0 Å². The van der Waals surface area contributed by atoms with E-state index >= 15 is 0 Å². The van der Waals surface area contributed by atoms with Crippen LogP contribution in [-0.4, -0.2) is 33.0 Å². The van der Waals surface area contributed by atoms with Crippen molar-refractivity contribution in [1.29, 1.82) is 0 Å². The SMILES string of the molecule is Cc1cc(C(=O)NCC(=O)NC(C)c2ccc(S(C)(=O)=O)cc2)c(C)o1. The quantitative estimate of drug-likeness (QED) is 0.799. The number of hydrogen-bond donors (Lipinski definition) is 2. The molecule has 0 saturated heterocycles. The summed E-state index contributed by atoms with van der Waals surface area (Å²) in [5.41, 5.74) is 1.16. The van der Waals surface area contributed by atoms with Crippen LogP contribution in [0, 0.1) is 13.8 Å². The minimum absolute atomic E-state index is 0.172. The molecule has 1 aromatic heterocycles. The van der Waals surface area contributed by atoms with Crippen LogP contribution in [0.3, 0.4) is 0 Å². The van der Waals surface area contributed by atoms with Gasteiger partial charge < -0.3 is 15.1 Å². The number of hydrogen-bond acceptors (Lipinski definition) is 5. The van der Waals surface area contributed by atoms with Crippen LogP contribution in [-0.2, 0) is 14.6 Å². The maximum Gasteiger partial charge on any atom is 0.255 e. The standard InChI is InChI=1S/C18H22N2O5S/c1-11-9-16(13(3)25-11)18(22)19-10-17(21)20-12(2)14-5-7-15(8-6-14)26(4,23)24/h5-9,12H,10H2,1-4H3,(H,19,22)(H,20,21). The lowest BCUT2D eigenvalue weighted by molar-refractivity contribution is -0.120. The first-order valence-electron chi connectivity index (χ1n) is 8.02. The molecule has 0 fully saturated rings. The number of carbonyl (C=O) groups is 2. The van der Waals surface area contributed by atoms with Gasteiger partial charge in [0.25, 0.3) is 5.91 Å². The van der Waals surface area contributed by atoms with Crippen molar-refractivity contribution in [3.8, 4) is 0 Å². The Kier molecular flexibility index (Phi) is 5.86. The summed E-state index contributed by atoms with van der Waals surface area (Å²) in [6.45, 7) is 5.03. The average Bonchev–Trinajstić information content (AvgIpc) is 2.90. The van der Waals surface area contributed by atoms with Gasteiger partial charge in [-0.1, -0.05) is 12.1 Å². The zero-order valence-electron chi connectivity index (χ0n) is 15.1. The van der Waals surface area contributed by atoms with E-state index in [2.05, 4.69) is 10.6 Å². The summed E-state index contributed by atoms with van der Waals surface area (Å²) in [6, 6.07) is 7.59. The van der Waals surface area contributed by atoms with E-state index in [1.807, 2.05) is 0 Å². The van der Waals surface area contributed by atoms with E-state index < -0.39 is 9.84 Å². The predicted octanol–water partition coefficient (Wildman–Crippen LogP) is 1.91. The van der Waals surface area contributed by atoms with Gasteiger partial charge in [0.2, 0.25) is 5.91 Å². The van der Waals surface area contributed by atoms with Gasteiger partial charge in [0.05, 0.1) is 23.0 Å². The smallest absolute Gasteiger partial charge is 0.255 e. The fourth-order valence-electron chi connectivity index (χ4n) is 2.49. The summed E-state index contributed by atoms with van der Waals surface area (Å²) in [4.78, 5) is 24.3. The lowest BCUT2D eigenvalue weighted by atomic mass is 10.1. The molecule has 1 unspecified atom stereocenters. The predicted molar refractivity (Wildman–Crippen MR) is 96.6 cm³/mol. The van der Waals surface area contributed by atoms with E-state index in [1.54, 1.807) is 39.0 Å². The van der Waals surface area contributed by atoms with E-state index in [0.29, 0.717) is 17.1 Å². The molecule has 0 bridgehead atoms. The molecule has 0 aliphatic heterocycles. The zero-order chi connectivity index (χ0) is 19.5. The fourth-order valence-corrected chi connectivity index (χ4v) is 3.12. The molecule has 0 saturated carbocycles. The van der Waals surface area contributed by atoms with Crippen LogP contribution >= 0.6 is 0 Å². The van der Waals surface area contributed by atoms with Crippen LogP contribution < -0.4 is 10.6 Å². The van der Waals surface area contributed by atoms with Gasteiger partial charge in [0.1, 0.15) is 11.5 Å². The normalized spacial score (nSPS) is 12.5. The Bertz CT molecular complexity index is 914. The van der Waals surface area contributed by atoms with Crippen molar-refractivity contribution in [1.82, 2.24) is 10.6 Å². The number of sulfone groups is 1. The summed E-state index contributed by atoms with van der Waals surface area (Å²) in [6.07, 6.45) is 1.14. The van der Waals surface area contributed by atoms with Gasteiger partial charge in [-0.2, -0.15) is 0 Å². The zero-order valence-corrected chi connectivity index (χ0v) is 15.9. The molecule has 140 valence electrons. The third-order valence-electron chi connectivity index (χ3n) is 3.88. The Morgan fingerprint density at radius 3 is 2.27 bits per heavy atom. The highest BCUT2D eigenvalue weighted by atomic mass is 32.2. The second kappa shape index (κ2) is 7.74. The third-order valence-corrected chi connectivity index (χ3v) is 5.01. The van der Waals surface area contributed by atoms with E-state index in [-0.39, 0.29) is 29.3 Å². The van der Waals surface area contributed by atoms with Crippen molar-refractivity contribution in [2.75, 3.05) is 12.8 Å². The summed E-state index contributed by atoms with van der Waals surface area (Å²) >= 11 is 0. The number of nitrogens with one attached hydrogen (secondary N) is 2. The number of carbonyl (C=O) groups excluding carboxylic acids is 2. The molecule has 7 nitrogen and oxygen atoms in total. The minimum Gasteiger partial charge on any atom is -0.466 e. The fraction of sp³-hybridized carbons (Fsp3) is 0.333. The molecular weight excluding hydrogens is 356 g/mol. The van der Waals surface area contributed by atoms with E-state index in [1.165, 1.54) is 12.1 Å². The molecule has 2 aromatic rings. The molecule has 0 spiro atoms. The summed E-state index contributed by atoms with van der Waals surface area (Å²) in [7, 11) is -3.26. The molecule has 2 rings (SSSR count). The first kappa shape index (κ1) is 19.7. The van der Waals surface area contributed by atoms with Gasteiger partial charge in [0, 0.05) is 6.26 Å². The molecular formula is C18H22N2O5S. The second-order valence-electron chi connectivity index (χ2n) is 6.14. The highest BCUT2D eigenvalue weighted by Gasteiger charge is 2.16. The van der Waals surface area contributed by atoms with Crippen LogP contribution in [0.2, 0.25) is 0 Å². The first-order chi connectivity index (χ1) is 12.1. The minimum atomic E-state index is -3.26. The highest BCUT2D eigenvalue weighted by molar-refractivity contribution is 7.90. The van der Waals surface area contributed by atoms with E-state index in [0.717, 1.165) is 11.8 Å². The summed E-state index contributed by atoms with van der Waals surface area (Å²) in [5, 5.41) is 5.30. The van der Waals surface area contributed by atoms with Crippen LogP contribution in [0.25, 0.3) is 0 Å². The summed E-state index contributed by atoms with van der Waals surface area (Å²) < 4.78 is 28.2. The monoisotopic (exact) mass is 378 g/mol. The van der Waals surface area contributed by atoms with Crippen molar-refractivity contribution >= 4 is 21.7 Å². The van der Waals surface area contributed by atoms with E-state index in [4.69, 9.17) is 4.42 Å². The molecule has 1 atom stereocenters. The molecule has 8 heteroatoms. The van der Waals surface area contributed by atoms with Crippen LogP contribution in [0.1, 0.15) is 40.4 Å². The van der Waals surface area contributed by atoms with Crippen LogP contribution in [0.15, 0.2) is 39.6 Å². The Morgan fingerprint density at radius 1 is 1.15 bits per heavy atom. The Balaban J connectivity index is 1.91. The molecule has 1 aromatic carbocycles. The average molecular weight is 378 g/mol. The van der Waals surface area contributed by atoms with Gasteiger partial charge in [0.15, 0.2) is 9.84 Å². The van der Waals surface area contributed by atoms with Crippen molar-refractivity contribution in [2.45, 2.75) is 31.7 Å². The molecule has 2 amide bonds. The van der Waals surface area contributed by atoms with Gasteiger partial charge in [-0.05, 0) is 44.5 Å². The molecule has 2 N–H and O–H groups in total. The Hall–Kier alpha value is -2.61. The topological polar surface area (TPSA) is 105 Å². The van der Waals surface area contributed by atoms with Gasteiger partial charge >= 0.3 is 0 Å². The maximum atomic E-state index is 12.1. The lowest BCUT2D eigenvalue weighted by Crippen LogP contribution is -2.38. The Labute approximate surface area is 152 Å². The number of benzene rings is 1. The van der Waals surface area contributed by atoms with Gasteiger partial charge in [-0.25, -0.2) is 8.42 Å². The van der Waals surface area contributed by atoms with Crippen LogP contribution in [0.5, 0.6) is 0 Å². The van der Waals surface area contributed by atoms with E-state index in [9.17, 15) is 18.0 Å². The Morgan fingerprint density at radius 2 is 1.77 bits per heavy atom. The number of furan rings is 1. The van der Waals surface area contributed by atoms with Gasteiger partial charge in [-0.15, -0.1) is 0 Å². The summed E-state index contributed by atoms with van der Waals surface area (Å²) in [5.74, 6) is 0.401. The third kappa shape index (κ3) is 4.95. The molecule has 26 heavy (non-hydrogen) atoms. The van der Waals surface area contributed by atoms with Gasteiger partial charge in [-0.3, -0.25) is 9.59 Å². The highest BCUT2D eigenvalue weighted by Crippen LogP contribution is 2.16. The first-order valence-corrected chi connectivity index (χ1v) is 9.91. The molecule has 0 aliphatic rings. The molecule has 1 heterocycles. The largest absolute Gasteiger partial charge is 0.466 e. The molecule has 0 radical (unpaired) electrons. The van der Waals surface area contributed by atoms with Crippen molar-refractivity contribution in [2.24, 2.45) is 0 Å².